The molecule has 4 fully saturated rings. The molecule has 0 N–H and O–H groups in total. The second-order valence-corrected chi connectivity index (χ2v) is 14.5. The van der Waals surface area contributed by atoms with Crippen molar-refractivity contribution in [2.75, 3.05) is 6.61 Å². The topological polar surface area (TPSA) is 135 Å². The maximum atomic E-state index is 13.8. The molecule has 232 valence electrons. The number of ether oxygens (including phenoxy) is 1. The normalized spacial score (nSPS) is 35.9. The van der Waals surface area contributed by atoms with E-state index < -0.39 is 45.7 Å². The zero-order chi connectivity index (χ0) is 30.8. The Morgan fingerprint density at radius 1 is 1.07 bits per heavy atom. The summed E-state index contributed by atoms with van der Waals surface area (Å²) in [7, 11) is -6.62. The molecule has 8 nitrogen and oxygen atoms in total. The van der Waals surface area contributed by atoms with Gasteiger partial charge in [-0.3, -0.25) is 19.2 Å². The van der Waals surface area contributed by atoms with Crippen molar-refractivity contribution in [1.82, 2.24) is 0 Å². The third-order valence-corrected chi connectivity index (χ3v) is 12.1. The first kappa shape index (κ1) is 35.6. The van der Waals surface area contributed by atoms with E-state index >= 15 is 0 Å². The summed E-state index contributed by atoms with van der Waals surface area (Å²) in [5.41, 5.74) is -1.01. The molecular weight excluding hydrogens is 595 g/mol. The number of esters is 1. The van der Waals surface area contributed by atoms with Crippen LogP contribution in [0.25, 0.3) is 0 Å². The predicted molar refractivity (Wildman–Crippen MR) is 135 cm³/mol. The van der Waals surface area contributed by atoms with Gasteiger partial charge in [0, 0.05) is 43.4 Å². The molecule has 0 bridgehead atoms. The van der Waals surface area contributed by atoms with E-state index in [1.54, 1.807) is 0 Å². The van der Waals surface area contributed by atoms with Crippen molar-refractivity contribution in [3.05, 3.63) is 0 Å². The number of rotatable bonds is 9. The number of alkyl halides is 4. The zero-order valence-electron chi connectivity index (χ0n) is 24.4. The van der Waals surface area contributed by atoms with Crippen molar-refractivity contribution in [1.29, 1.82) is 0 Å². The second-order valence-electron chi connectivity index (χ2n) is 13.1. The van der Waals surface area contributed by atoms with Gasteiger partial charge in [0.2, 0.25) is 0 Å². The fourth-order valence-corrected chi connectivity index (χ4v) is 9.10. The van der Waals surface area contributed by atoms with Crippen LogP contribution in [0.15, 0.2) is 0 Å². The zero-order valence-corrected chi connectivity index (χ0v) is 27.2. The third kappa shape index (κ3) is 5.90. The van der Waals surface area contributed by atoms with Crippen LogP contribution >= 0.6 is 0 Å². The van der Waals surface area contributed by atoms with Gasteiger partial charge in [-0.05, 0) is 60.7 Å². The first-order valence-electron chi connectivity index (χ1n) is 14.2. The molecule has 0 amide bonds. The summed E-state index contributed by atoms with van der Waals surface area (Å²) in [6.07, 6.45) is 1.64. The number of hydrogen-bond acceptors (Lipinski definition) is 8. The van der Waals surface area contributed by atoms with E-state index in [-0.39, 0.29) is 107 Å². The quantitative estimate of drug-likeness (QED) is 0.162. The summed E-state index contributed by atoms with van der Waals surface area (Å²) in [5, 5.41) is -5.84. The smallest absolute Gasteiger partial charge is 0.743 e. The number of carbonyl (C=O) groups is 4. The molecule has 4 saturated carbocycles. The van der Waals surface area contributed by atoms with Crippen LogP contribution in [0.1, 0.15) is 85.0 Å². The standard InChI is InChI=1S/C28H38F4O8S.Na/c1-15(4-7-23(36)40-11-10-27(29,30)28(31,32)41(37,38)39)18-5-6-19-24-20(14-22(35)26(18,19)3)25(2)9-8-17(33)12-16(25)13-21(24)34;/h15-16,18-20,24H,4-14H2,1-3H3,(H,37,38,39);/q;+1/p-1/t15-,16?,18-,19+,20+,24+,25+,26-;/m1./s1. The molecule has 8 atom stereocenters. The Hall–Kier alpha value is -0.890. The number of ketones is 3. The van der Waals surface area contributed by atoms with Gasteiger partial charge in [-0.15, -0.1) is 0 Å². The molecular formula is C28H37F4NaO8S. The van der Waals surface area contributed by atoms with Gasteiger partial charge in [0.25, 0.3) is 0 Å². The van der Waals surface area contributed by atoms with Gasteiger partial charge in [0.1, 0.15) is 17.3 Å². The first-order chi connectivity index (χ1) is 18.8. The van der Waals surface area contributed by atoms with E-state index in [0.717, 1.165) is 0 Å². The minimum atomic E-state index is -6.62. The Labute approximate surface area is 265 Å². The molecule has 42 heavy (non-hydrogen) atoms. The largest absolute Gasteiger partial charge is 1.00 e. The molecule has 0 radical (unpaired) electrons. The summed E-state index contributed by atoms with van der Waals surface area (Å²) < 4.78 is 89.8. The molecule has 4 aliphatic carbocycles. The second kappa shape index (κ2) is 12.1. The summed E-state index contributed by atoms with van der Waals surface area (Å²) in [4.78, 5) is 51.6. The van der Waals surface area contributed by atoms with Crippen molar-refractivity contribution in [3.63, 3.8) is 0 Å². The van der Waals surface area contributed by atoms with E-state index in [9.17, 15) is 49.7 Å². The minimum Gasteiger partial charge on any atom is -0.743 e. The van der Waals surface area contributed by atoms with E-state index in [1.165, 1.54) is 0 Å². The predicted octanol–water partition coefficient (Wildman–Crippen LogP) is 1.70. The Morgan fingerprint density at radius 2 is 1.71 bits per heavy atom. The fraction of sp³-hybridized carbons (Fsp3) is 0.857. The summed E-state index contributed by atoms with van der Waals surface area (Å²) in [6.45, 7) is 4.69. The molecule has 14 heteroatoms. The molecule has 0 aromatic rings. The molecule has 0 saturated heterocycles. The maximum absolute atomic E-state index is 13.8. The van der Waals surface area contributed by atoms with Crippen LogP contribution < -0.4 is 29.6 Å². The molecule has 1 unspecified atom stereocenters. The van der Waals surface area contributed by atoms with Gasteiger partial charge < -0.3 is 9.29 Å². The molecule has 4 aliphatic rings. The number of carbonyl (C=O) groups excluding carboxylic acids is 4. The van der Waals surface area contributed by atoms with E-state index in [0.29, 0.717) is 38.5 Å². The molecule has 0 aromatic carbocycles. The van der Waals surface area contributed by atoms with Crippen LogP contribution in [-0.4, -0.2) is 54.1 Å². The number of Topliss-reactive ketones (excluding diaryl/α,β-unsaturated/α-hetero) is 3. The first-order valence-corrected chi connectivity index (χ1v) is 15.6. The number of halogens is 4. The van der Waals surface area contributed by atoms with Crippen molar-refractivity contribution in [2.24, 2.45) is 46.3 Å². The van der Waals surface area contributed by atoms with Gasteiger partial charge in [-0.25, -0.2) is 8.42 Å². The fourth-order valence-electron chi connectivity index (χ4n) is 8.63. The van der Waals surface area contributed by atoms with Gasteiger partial charge in [0.15, 0.2) is 10.1 Å². The van der Waals surface area contributed by atoms with Crippen LogP contribution in [0.5, 0.6) is 0 Å². The summed E-state index contributed by atoms with van der Waals surface area (Å²) in [6, 6.07) is 0. The van der Waals surface area contributed by atoms with Crippen molar-refractivity contribution in [3.8, 4) is 0 Å². The molecule has 0 aliphatic heterocycles. The maximum Gasteiger partial charge on any atom is 1.00 e. The summed E-state index contributed by atoms with van der Waals surface area (Å²) >= 11 is 0. The number of hydrogen-bond donors (Lipinski definition) is 0. The monoisotopic (exact) mass is 632 g/mol. The Bertz CT molecular complexity index is 1230. The average molecular weight is 633 g/mol. The van der Waals surface area contributed by atoms with Gasteiger partial charge in [-0.2, -0.15) is 17.6 Å². The Morgan fingerprint density at radius 3 is 2.33 bits per heavy atom. The molecule has 0 aromatic heterocycles. The molecule has 0 spiro atoms. The molecule has 0 heterocycles. The Kier molecular flexibility index (Phi) is 10.3. The van der Waals surface area contributed by atoms with E-state index in [2.05, 4.69) is 11.7 Å². The minimum absolute atomic E-state index is 0. The van der Waals surface area contributed by atoms with Crippen LogP contribution in [0, 0.1) is 46.3 Å². The summed E-state index contributed by atoms with van der Waals surface area (Å²) in [5.74, 6) is -6.63. The number of fused-ring (bicyclic) bond motifs is 5. The van der Waals surface area contributed by atoms with Crippen LogP contribution in [0.3, 0.4) is 0 Å². The Balaban J connectivity index is 0.00000484. The van der Waals surface area contributed by atoms with Crippen LogP contribution in [0.4, 0.5) is 17.6 Å². The SMILES string of the molecule is C[C@H](CCC(=O)OCCC(F)(F)C(F)(F)S(=O)(=O)[O-])[C@H]1CC[C@H]2[C@@H]3C(=O)CC4CC(=O)CC[C@]4(C)[C@H]3CC(=O)[C@]12C.[Na+]. The van der Waals surface area contributed by atoms with Crippen molar-refractivity contribution >= 4 is 33.4 Å². The van der Waals surface area contributed by atoms with E-state index in [1.807, 2.05) is 13.8 Å². The third-order valence-electron chi connectivity index (χ3n) is 11.1. The van der Waals surface area contributed by atoms with Crippen LogP contribution in [0.2, 0.25) is 0 Å². The molecule has 4 rings (SSSR count). The average Bonchev–Trinajstić information content (AvgIpc) is 3.22. The van der Waals surface area contributed by atoms with Crippen molar-refractivity contribution in [2.45, 2.75) is 96.2 Å². The van der Waals surface area contributed by atoms with Crippen molar-refractivity contribution < 1.29 is 84.0 Å². The van der Waals surface area contributed by atoms with Gasteiger partial charge >= 0.3 is 46.7 Å². The van der Waals surface area contributed by atoms with Gasteiger partial charge in [0.05, 0.1) is 13.0 Å². The van der Waals surface area contributed by atoms with E-state index in [4.69, 9.17) is 0 Å². The van der Waals surface area contributed by atoms with Gasteiger partial charge in [-0.1, -0.05) is 20.8 Å². The van der Waals surface area contributed by atoms with Crippen LogP contribution in [-0.2, 0) is 34.0 Å².